The molecular formula is C9H14O4. The van der Waals surface area contributed by atoms with Crippen LogP contribution in [0.5, 0.6) is 0 Å². The van der Waals surface area contributed by atoms with Crippen LogP contribution in [-0.4, -0.2) is 36.0 Å². The third-order valence-corrected chi connectivity index (χ3v) is 2.81. The van der Waals surface area contributed by atoms with E-state index in [1.54, 1.807) is 6.92 Å². The highest BCUT2D eigenvalue weighted by Crippen LogP contribution is 2.52. The van der Waals surface area contributed by atoms with E-state index in [1.807, 2.05) is 6.92 Å². The molecule has 0 aromatic rings. The van der Waals surface area contributed by atoms with Gasteiger partial charge in [0.05, 0.1) is 30.8 Å². The topological polar surface area (TPSA) is 55.8 Å². The Kier molecular flexibility index (Phi) is 2.04. The van der Waals surface area contributed by atoms with Crippen LogP contribution in [0, 0.1) is 11.8 Å². The molecule has 0 bridgehead atoms. The lowest BCUT2D eigenvalue weighted by Gasteiger charge is -2.14. The van der Waals surface area contributed by atoms with Gasteiger partial charge in [-0.25, -0.2) is 0 Å². The molecule has 2 aliphatic rings. The fourth-order valence-electron chi connectivity index (χ4n) is 2.06. The fraction of sp³-hybridized carbons (Fsp3) is 0.889. The van der Waals surface area contributed by atoms with Gasteiger partial charge in [-0.1, -0.05) is 0 Å². The lowest BCUT2D eigenvalue weighted by molar-refractivity contribution is -0.148. The van der Waals surface area contributed by atoms with Gasteiger partial charge in [0, 0.05) is 5.92 Å². The summed E-state index contributed by atoms with van der Waals surface area (Å²) < 4.78 is 10.2. The van der Waals surface area contributed by atoms with E-state index in [1.165, 1.54) is 0 Å². The molecule has 2 rings (SSSR count). The highest BCUT2D eigenvalue weighted by Gasteiger charge is 2.66. The Hall–Kier alpha value is -0.610. The van der Waals surface area contributed by atoms with Gasteiger partial charge in [0.2, 0.25) is 0 Å². The SMILES string of the molecule is CCOC(=O)[C@H]1[C@@H]2O[C@@H](C)C(O)[C@@H]21. The van der Waals surface area contributed by atoms with E-state index in [0.717, 1.165) is 0 Å². The molecule has 0 amide bonds. The highest BCUT2D eigenvalue weighted by molar-refractivity contribution is 5.77. The van der Waals surface area contributed by atoms with Gasteiger partial charge in [-0.15, -0.1) is 0 Å². The van der Waals surface area contributed by atoms with Gasteiger partial charge < -0.3 is 14.6 Å². The molecule has 1 saturated heterocycles. The van der Waals surface area contributed by atoms with Crippen molar-refractivity contribution in [2.24, 2.45) is 11.8 Å². The van der Waals surface area contributed by atoms with Crippen molar-refractivity contribution >= 4 is 5.97 Å². The number of aliphatic hydroxyl groups is 1. The summed E-state index contributed by atoms with van der Waals surface area (Å²) in [5.41, 5.74) is 0. The number of hydrogen-bond donors (Lipinski definition) is 1. The largest absolute Gasteiger partial charge is 0.466 e. The average Bonchev–Trinajstić information content (AvgIpc) is 2.70. The molecule has 0 radical (unpaired) electrons. The summed E-state index contributed by atoms with van der Waals surface area (Å²) in [6, 6.07) is 0. The second kappa shape index (κ2) is 2.96. The summed E-state index contributed by atoms with van der Waals surface area (Å²) in [6.45, 7) is 3.98. The van der Waals surface area contributed by atoms with Crippen LogP contribution in [0.15, 0.2) is 0 Å². The Labute approximate surface area is 76.8 Å². The van der Waals surface area contributed by atoms with Gasteiger partial charge in [0.1, 0.15) is 0 Å². The normalized spacial score (nSPS) is 47.2. The summed E-state index contributed by atoms with van der Waals surface area (Å²) in [7, 11) is 0. The van der Waals surface area contributed by atoms with E-state index < -0.39 is 6.10 Å². The van der Waals surface area contributed by atoms with Crippen LogP contribution in [0.25, 0.3) is 0 Å². The van der Waals surface area contributed by atoms with Gasteiger partial charge in [-0.05, 0) is 13.8 Å². The number of rotatable bonds is 2. The Morgan fingerprint density at radius 3 is 2.77 bits per heavy atom. The van der Waals surface area contributed by atoms with Crippen molar-refractivity contribution in [1.29, 1.82) is 0 Å². The van der Waals surface area contributed by atoms with Crippen LogP contribution in [0.1, 0.15) is 13.8 Å². The van der Waals surface area contributed by atoms with Crippen LogP contribution in [0.3, 0.4) is 0 Å². The predicted molar refractivity (Wildman–Crippen MR) is 44.0 cm³/mol. The molecule has 0 aromatic heterocycles. The Morgan fingerprint density at radius 2 is 2.31 bits per heavy atom. The first kappa shape index (κ1) is 8.97. The number of aliphatic hydroxyl groups excluding tert-OH is 1. The van der Waals surface area contributed by atoms with Crippen LogP contribution in [0.2, 0.25) is 0 Å². The van der Waals surface area contributed by atoms with Crippen molar-refractivity contribution in [3.8, 4) is 0 Å². The minimum Gasteiger partial charge on any atom is -0.466 e. The highest BCUT2D eigenvalue weighted by atomic mass is 16.6. The second-order valence-corrected chi connectivity index (χ2v) is 3.65. The molecule has 0 spiro atoms. The zero-order valence-electron chi connectivity index (χ0n) is 7.77. The van der Waals surface area contributed by atoms with Crippen molar-refractivity contribution in [3.63, 3.8) is 0 Å². The van der Waals surface area contributed by atoms with Gasteiger partial charge in [-0.2, -0.15) is 0 Å². The van der Waals surface area contributed by atoms with E-state index in [4.69, 9.17) is 9.47 Å². The summed E-state index contributed by atoms with van der Waals surface area (Å²) in [4.78, 5) is 11.3. The molecule has 2 fully saturated rings. The van der Waals surface area contributed by atoms with Crippen molar-refractivity contribution in [3.05, 3.63) is 0 Å². The first-order valence-electron chi connectivity index (χ1n) is 4.67. The van der Waals surface area contributed by atoms with Crippen molar-refractivity contribution in [1.82, 2.24) is 0 Å². The standard InChI is InChI=1S/C9H14O4/c1-3-12-9(11)6-5-7(10)4(2)13-8(5)6/h4-8,10H,3H2,1-2H3/t4-,5-,6+,7?,8+/m0/s1. The Balaban J connectivity index is 1.92. The van der Waals surface area contributed by atoms with Gasteiger partial charge in [0.25, 0.3) is 0 Å². The molecular weight excluding hydrogens is 172 g/mol. The molecule has 1 saturated carbocycles. The zero-order valence-corrected chi connectivity index (χ0v) is 7.77. The second-order valence-electron chi connectivity index (χ2n) is 3.65. The molecule has 0 aromatic carbocycles. The summed E-state index contributed by atoms with van der Waals surface area (Å²) in [6.07, 6.45) is -0.732. The molecule has 5 atom stereocenters. The summed E-state index contributed by atoms with van der Waals surface area (Å²) in [5.74, 6) is -0.469. The molecule has 13 heavy (non-hydrogen) atoms. The lowest BCUT2D eigenvalue weighted by Crippen LogP contribution is -2.26. The maximum Gasteiger partial charge on any atom is 0.312 e. The monoisotopic (exact) mass is 186 g/mol. The van der Waals surface area contributed by atoms with Gasteiger partial charge >= 0.3 is 5.97 Å². The third kappa shape index (κ3) is 1.25. The first-order valence-corrected chi connectivity index (χ1v) is 4.67. The average molecular weight is 186 g/mol. The molecule has 1 heterocycles. The maximum absolute atomic E-state index is 11.3. The van der Waals surface area contributed by atoms with Gasteiger partial charge in [0.15, 0.2) is 0 Å². The minimum atomic E-state index is -0.501. The quantitative estimate of drug-likeness (QED) is 0.614. The third-order valence-electron chi connectivity index (χ3n) is 2.81. The van der Waals surface area contributed by atoms with E-state index in [-0.39, 0.29) is 30.0 Å². The summed E-state index contributed by atoms with van der Waals surface area (Å²) >= 11 is 0. The fourth-order valence-corrected chi connectivity index (χ4v) is 2.06. The molecule has 1 aliphatic heterocycles. The number of fused-ring (bicyclic) bond motifs is 1. The molecule has 1 aliphatic carbocycles. The molecule has 1 N–H and O–H groups in total. The van der Waals surface area contributed by atoms with E-state index >= 15 is 0 Å². The Bertz CT molecular complexity index is 228. The zero-order chi connectivity index (χ0) is 9.59. The van der Waals surface area contributed by atoms with Crippen LogP contribution >= 0.6 is 0 Å². The Morgan fingerprint density at radius 1 is 1.62 bits per heavy atom. The van der Waals surface area contributed by atoms with Crippen molar-refractivity contribution in [2.75, 3.05) is 6.61 Å². The number of hydrogen-bond acceptors (Lipinski definition) is 4. The van der Waals surface area contributed by atoms with Crippen LogP contribution in [-0.2, 0) is 14.3 Å². The minimum absolute atomic E-state index is 0.0194. The molecule has 1 unspecified atom stereocenters. The smallest absolute Gasteiger partial charge is 0.312 e. The van der Waals surface area contributed by atoms with Crippen LogP contribution in [0.4, 0.5) is 0 Å². The molecule has 4 heteroatoms. The van der Waals surface area contributed by atoms with Crippen LogP contribution < -0.4 is 0 Å². The number of carbonyl (C=O) groups is 1. The van der Waals surface area contributed by atoms with E-state index in [0.29, 0.717) is 6.61 Å². The lowest BCUT2D eigenvalue weighted by atomic mass is 10.1. The van der Waals surface area contributed by atoms with E-state index in [2.05, 4.69) is 0 Å². The molecule has 74 valence electrons. The predicted octanol–water partition coefficient (Wildman–Crippen LogP) is -0.0563. The van der Waals surface area contributed by atoms with Crippen molar-refractivity contribution in [2.45, 2.75) is 32.2 Å². The van der Waals surface area contributed by atoms with E-state index in [9.17, 15) is 9.90 Å². The molecule has 4 nitrogen and oxygen atoms in total. The summed E-state index contributed by atoms with van der Waals surface area (Å²) in [5, 5.41) is 9.56. The number of esters is 1. The number of ether oxygens (including phenoxy) is 2. The first-order chi connectivity index (χ1) is 6.16. The van der Waals surface area contributed by atoms with Gasteiger partial charge in [-0.3, -0.25) is 4.79 Å². The maximum atomic E-state index is 11.3. The van der Waals surface area contributed by atoms with Crippen molar-refractivity contribution < 1.29 is 19.4 Å². The number of carbonyl (C=O) groups excluding carboxylic acids is 1.